The Kier molecular flexibility index (Phi) is 4.18. The zero-order chi connectivity index (χ0) is 13.0. The van der Waals surface area contributed by atoms with E-state index >= 15 is 0 Å². The average Bonchev–Trinajstić information content (AvgIpc) is 2.34. The molecule has 0 aliphatic carbocycles. The van der Waals surface area contributed by atoms with Crippen molar-refractivity contribution in [1.82, 2.24) is 4.98 Å². The lowest BCUT2D eigenvalue weighted by molar-refractivity contribution is 0.472. The highest BCUT2D eigenvalue weighted by Crippen LogP contribution is 2.33. The van der Waals surface area contributed by atoms with E-state index in [1.807, 2.05) is 31.2 Å². The fraction of sp³-hybridized carbons (Fsp3) is 0.214. The van der Waals surface area contributed by atoms with Gasteiger partial charge in [-0.05, 0) is 37.1 Å². The van der Waals surface area contributed by atoms with Crippen molar-refractivity contribution in [2.75, 3.05) is 0 Å². The van der Waals surface area contributed by atoms with Crippen molar-refractivity contribution in [3.63, 3.8) is 0 Å². The molecule has 1 heterocycles. The normalized spacial score (nSPS) is 12.2. The van der Waals surface area contributed by atoms with Gasteiger partial charge in [0.15, 0.2) is 0 Å². The standard InChI is InChI=1S/C14H15ClN2O/c1-10(16)8-11-4-2-6-13(15)14(11)18-12-5-3-7-17-9-12/h2-7,9-10H,8,16H2,1H3. The van der Waals surface area contributed by atoms with Gasteiger partial charge in [0.2, 0.25) is 0 Å². The van der Waals surface area contributed by atoms with Gasteiger partial charge in [-0.2, -0.15) is 0 Å². The molecule has 0 spiro atoms. The zero-order valence-electron chi connectivity index (χ0n) is 10.1. The smallest absolute Gasteiger partial charge is 0.149 e. The summed E-state index contributed by atoms with van der Waals surface area (Å²) in [7, 11) is 0. The van der Waals surface area contributed by atoms with Gasteiger partial charge in [0.05, 0.1) is 11.2 Å². The van der Waals surface area contributed by atoms with E-state index in [0.717, 1.165) is 12.0 Å². The molecule has 2 N–H and O–H groups in total. The van der Waals surface area contributed by atoms with Gasteiger partial charge >= 0.3 is 0 Å². The average molecular weight is 263 g/mol. The molecule has 0 saturated carbocycles. The topological polar surface area (TPSA) is 48.1 Å². The monoisotopic (exact) mass is 262 g/mol. The summed E-state index contributed by atoms with van der Waals surface area (Å²) in [6.07, 6.45) is 4.07. The second kappa shape index (κ2) is 5.85. The first kappa shape index (κ1) is 12.9. The van der Waals surface area contributed by atoms with Crippen LogP contribution < -0.4 is 10.5 Å². The lowest BCUT2D eigenvalue weighted by Crippen LogP contribution is -2.18. The molecule has 0 bridgehead atoms. The van der Waals surface area contributed by atoms with Crippen LogP contribution in [-0.2, 0) is 6.42 Å². The molecule has 4 heteroatoms. The number of hydrogen-bond acceptors (Lipinski definition) is 3. The number of halogens is 1. The van der Waals surface area contributed by atoms with E-state index in [0.29, 0.717) is 16.5 Å². The molecule has 0 amide bonds. The highest BCUT2D eigenvalue weighted by Gasteiger charge is 2.11. The summed E-state index contributed by atoms with van der Waals surface area (Å²) in [4.78, 5) is 4.01. The Balaban J connectivity index is 2.31. The molecule has 3 nitrogen and oxygen atoms in total. The van der Waals surface area contributed by atoms with Crippen molar-refractivity contribution in [3.8, 4) is 11.5 Å². The third kappa shape index (κ3) is 3.22. The van der Waals surface area contributed by atoms with Crippen LogP contribution >= 0.6 is 11.6 Å². The van der Waals surface area contributed by atoms with Crippen LogP contribution in [0.2, 0.25) is 5.02 Å². The number of benzene rings is 1. The number of para-hydroxylation sites is 1. The Hall–Kier alpha value is -1.58. The van der Waals surface area contributed by atoms with Gasteiger partial charge in [0.25, 0.3) is 0 Å². The third-order valence-corrected chi connectivity index (χ3v) is 2.74. The SMILES string of the molecule is CC(N)Cc1cccc(Cl)c1Oc1cccnc1. The molecule has 0 fully saturated rings. The second-order valence-corrected chi connectivity index (χ2v) is 4.61. The van der Waals surface area contributed by atoms with E-state index in [-0.39, 0.29) is 6.04 Å². The summed E-state index contributed by atoms with van der Waals surface area (Å²) < 4.78 is 5.79. The van der Waals surface area contributed by atoms with Gasteiger partial charge < -0.3 is 10.5 Å². The molecular formula is C14H15ClN2O. The van der Waals surface area contributed by atoms with Gasteiger partial charge in [-0.15, -0.1) is 0 Å². The molecule has 0 aliphatic rings. The molecule has 1 unspecified atom stereocenters. The summed E-state index contributed by atoms with van der Waals surface area (Å²) in [5.74, 6) is 1.32. The van der Waals surface area contributed by atoms with E-state index in [2.05, 4.69) is 4.98 Å². The van der Waals surface area contributed by atoms with Crippen molar-refractivity contribution < 1.29 is 4.74 Å². The fourth-order valence-corrected chi connectivity index (χ4v) is 1.93. The predicted molar refractivity (Wildman–Crippen MR) is 73.1 cm³/mol. The molecule has 1 atom stereocenters. The van der Waals surface area contributed by atoms with Gasteiger partial charge in [0.1, 0.15) is 11.5 Å². The van der Waals surface area contributed by atoms with Crippen LogP contribution in [0.4, 0.5) is 0 Å². The van der Waals surface area contributed by atoms with Crippen LogP contribution in [0.1, 0.15) is 12.5 Å². The first-order valence-corrected chi connectivity index (χ1v) is 6.15. The molecule has 0 aliphatic heterocycles. The maximum absolute atomic E-state index is 6.18. The van der Waals surface area contributed by atoms with Crippen molar-refractivity contribution in [2.45, 2.75) is 19.4 Å². The Labute approximate surface area is 112 Å². The molecule has 1 aromatic carbocycles. The molecule has 2 rings (SSSR count). The highest BCUT2D eigenvalue weighted by molar-refractivity contribution is 6.32. The molecule has 94 valence electrons. The third-order valence-electron chi connectivity index (χ3n) is 2.44. The number of pyridine rings is 1. The Morgan fingerprint density at radius 2 is 2.17 bits per heavy atom. The maximum Gasteiger partial charge on any atom is 0.149 e. The Bertz CT molecular complexity index is 514. The first-order chi connectivity index (χ1) is 8.66. The van der Waals surface area contributed by atoms with E-state index in [4.69, 9.17) is 22.1 Å². The molecule has 0 radical (unpaired) electrons. The summed E-state index contributed by atoms with van der Waals surface area (Å²) >= 11 is 6.18. The first-order valence-electron chi connectivity index (χ1n) is 5.77. The summed E-state index contributed by atoms with van der Waals surface area (Å²) in [5, 5.41) is 0.581. The fourth-order valence-electron chi connectivity index (χ4n) is 1.70. The number of rotatable bonds is 4. The highest BCUT2D eigenvalue weighted by atomic mass is 35.5. The summed E-state index contributed by atoms with van der Waals surface area (Å²) in [6.45, 7) is 1.95. The van der Waals surface area contributed by atoms with Crippen LogP contribution in [-0.4, -0.2) is 11.0 Å². The van der Waals surface area contributed by atoms with E-state index in [9.17, 15) is 0 Å². The predicted octanol–water partition coefficient (Wildman–Crippen LogP) is 3.42. The van der Waals surface area contributed by atoms with Gasteiger partial charge in [-0.3, -0.25) is 4.98 Å². The number of aromatic nitrogens is 1. The molecule has 18 heavy (non-hydrogen) atoms. The quantitative estimate of drug-likeness (QED) is 0.918. The number of hydrogen-bond donors (Lipinski definition) is 1. The Morgan fingerprint density at radius 1 is 1.33 bits per heavy atom. The maximum atomic E-state index is 6.18. The van der Waals surface area contributed by atoms with Crippen LogP contribution in [0.3, 0.4) is 0 Å². The largest absolute Gasteiger partial charge is 0.454 e. The number of ether oxygens (including phenoxy) is 1. The minimum Gasteiger partial charge on any atom is -0.454 e. The Morgan fingerprint density at radius 3 is 2.83 bits per heavy atom. The van der Waals surface area contributed by atoms with Crippen LogP contribution in [0, 0.1) is 0 Å². The zero-order valence-corrected chi connectivity index (χ0v) is 10.9. The van der Waals surface area contributed by atoms with Crippen molar-refractivity contribution >= 4 is 11.6 Å². The van der Waals surface area contributed by atoms with Crippen LogP contribution in [0.25, 0.3) is 0 Å². The summed E-state index contributed by atoms with van der Waals surface area (Å²) in [5.41, 5.74) is 6.83. The minimum absolute atomic E-state index is 0.0553. The van der Waals surface area contributed by atoms with Crippen molar-refractivity contribution in [2.24, 2.45) is 5.73 Å². The van der Waals surface area contributed by atoms with E-state index in [1.54, 1.807) is 18.5 Å². The molecular weight excluding hydrogens is 248 g/mol. The van der Waals surface area contributed by atoms with Crippen LogP contribution in [0.15, 0.2) is 42.7 Å². The molecule has 2 aromatic rings. The second-order valence-electron chi connectivity index (χ2n) is 4.20. The van der Waals surface area contributed by atoms with Gasteiger partial charge in [-0.25, -0.2) is 0 Å². The summed E-state index contributed by atoms with van der Waals surface area (Å²) in [6, 6.07) is 9.39. The number of nitrogens with two attached hydrogens (primary N) is 1. The van der Waals surface area contributed by atoms with Gasteiger partial charge in [0, 0.05) is 12.2 Å². The van der Waals surface area contributed by atoms with Crippen molar-refractivity contribution in [1.29, 1.82) is 0 Å². The lowest BCUT2D eigenvalue weighted by Gasteiger charge is -2.14. The van der Waals surface area contributed by atoms with Crippen LogP contribution in [0.5, 0.6) is 11.5 Å². The lowest BCUT2D eigenvalue weighted by atomic mass is 10.1. The molecule has 1 aromatic heterocycles. The van der Waals surface area contributed by atoms with Crippen molar-refractivity contribution in [3.05, 3.63) is 53.3 Å². The minimum atomic E-state index is 0.0553. The molecule has 0 saturated heterocycles. The van der Waals surface area contributed by atoms with Gasteiger partial charge in [-0.1, -0.05) is 23.7 Å². The van der Waals surface area contributed by atoms with E-state index < -0.39 is 0 Å². The number of nitrogens with zero attached hydrogens (tertiary/aromatic N) is 1. The van der Waals surface area contributed by atoms with E-state index in [1.165, 1.54) is 0 Å².